The molecule has 38 heavy (non-hydrogen) atoms. The van der Waals surface area contributed by atoms with Crippen LogP contribution in [0.25, 0.3) is 11.0 Å². The van der Waals surface area contributed by atoms with Gasteiger partial charge >= 0.3 is 12.3 Å². The molecule has 1 fully saturated rings. The number of rotatable bonds is 7. The summed E-state index contributed by atoms with van der Waals surface area (Å²) in [5, 5.41) is 9.98. The van der Waals surface area contributed by atoms with Gasteiger partial charge in [-0.25, -0.2) is 4.98 Å². The van der Waals surface area contributed by atoms with Crippen molar-refractivity contribution in [1.29, 1.82) is 0 Å². The summed E-state index contributed by atoms with van der Waals surface area (Å²) in [5.74, 6) is -0.830. The van der Waals surface area contributed by atoms with Crippen LogP contribution in [0.1, 0.15) is 36.1 Å². The van der Waals surface area contributed by atoms with Gasteiger partial charge in [0, 0.05) is 36.8 Å². The fraction of sp³-hybridized carbons (Fsp3) is 0.444. The summed E-state index contributed by atoms with van der Waals surface area (Å²) in [6.07, 6.45) is -0.409. The fourth-order valence-electron chi connectivity index (χ4n) is 5.58. The molecule has 0 radical (unpaired) electrons. The summed E-state index contributed by atoms with van der Waals surface area (Å²) in [4.78, 5) is 32.5. The van der Waals surface area contributed by atoms with Gasteiger partial charge in [-0.15, -0.1) is 13.2 Å². The van der Waals surface area contributed by atoms with Gasteiger partial charge in [-0.05, 0) is 73.7 Å². The Morgan fingerprint density at radius 3 is 2.63 bits per heavy atom. The van der Waals surface area contributed by atoms with Crippen molar-refractivity contribution in [3.63, 3.8) is 0 Å². The summed E-state index contributed by atoms with van der Waals surface area (Å²) in [6, 6.07) is 9.76. The summed E-state index contributed by atoms with van der Waals surface area (Å²) in [7, 11) is 0. The van der Waals surface area contributed by atoms with Crippen molar-refractivity contribution in [2.75, 3.05) is 26.2 Å². The lowest BCUT2D eigenvalue weighted by molar-refractivity contribution is -0.274. The van der Waals surface area contributed by atoms with Gasteiger partial charge in [-0.3, -0.25) is 14.5 Å². The molecule has 2 aliphatic heterocycles. The third kappa shape index (κ3) is 5.93. The van der Waals surface area contributed by atoms with E-state index in [1.54, 1.807) is 12.3 Å². The van der Waals surface area contributed by atoms with Gasteiger partial charge in [0.2, 0.25) is 5.91 Å². The molecule has 8 nitrogen and oxygen atoms in total. The van der Waals surface area contributed by atoms with Crippen LogP contribution in [0, 0.1) is 5.92 Å². The van der Waals surface area contributed by atoms with Crippen LogP contribution in [0.3, 0.4) is 0 Å². The number of carboxylic acid groups (broad SMARTS) is 1. The number of alkyl halides is 3. The van der Waals surface area contributed by atoms with Gasteiger partial charge in [-0.1, -0.05) is 12.1 Å². The van der Waals surface area contributed by atoms with Gasteiger partial charge in [-0.2, -0.15) is 0 Å². The van der Waals surface area contributed by atoms with Crippen molar-refractivity contribution < 1.29 is 32.6 Å². The van der Waals surface area contributed by atoms with E-state index in [1.807, 2.05) is 26.5 Å². The second-order valence-electron chi connectivity index (χ2n) is 9.96. The number of carbonyl (C=O) groups excluding carboxylic acids is 1. The number of amides is 1. The van der Waals surface area contributed by atoms with Crippen molar-refractivity contribution in [1.82, 2.24) is 19.4 Å². The predicted molar refractivity (Wildman–Crippen MR) is 132 cm³/mol. The van der Waals surface area contributed by atoms with E-state index in [9.17, 15) is 22.8 Å². The molecule has 1 amide bonds. The molecule has 0 spiro atoms. The molecular weight excluding hydrogens is 501 g/mol. The van der Waals surface area contributed by atoms with Crippen molar-refractivity contribution in [3.05, 3.63) is 59.4 Å². The molecule has 2 aromatic heterocycles. The Bertz CT molecular complexity index is 1330. The fourth-order valence-corrected chi connectivity index (χ4v) is 5.58. The predicted octanol–water partition coefficient (Wildman–Crippen LogP) is 4.05. The second-order valence-corrected chi connectivity index (χ2v) is 9.96. The standard InChI is InChI=1S/C27H29F3N4O4/c28-27(29,30)38-20-4-1-3-19(13-20)15-34-23-16-33(12-8-21(23)22-5-2-9-31-26(22)34)24(35)14-18-6-10-32(11-7-18)17-25(36)37/h1-5,9,13,18H,6-8,10-12,14-17H2,(H,36,37). The summed E-state index contributed by atoms with van der Waals surface area (Å²) >= 11 is 0. The van der Waals surface area contributed by atoms with E-state index in [0.29, 0.717) is 51.1 Å². The Morgan fingerprint density at radius 1 is 1.11 bits per heavy atom. The number of ether oxygens (including phenoxy) is 1. The highest BCUT2D eigenvalue weighted by molar-refractivity contribution is 5.84. The zero-order valence-electron chi connectivity index (χ0n) is 20.8. The molecule has 11 heteroatoms. The zero-order chi connectivity index (χ0) is 26.9. The number of piperidine rings is 1. The number of carboxylic acids is 1. The molecule has 3 aromatic rings. The van der Waals surface area contributed by atoms with Crippen molar-refractivity contribution in [2.45, 2.75) is 45.1 Å². The molecule has 2 aliphatic rings. The maximum atomic E-state index is 13.3. The molecule has 0 unspecified atom stereocenters. The lowest BCUT2D eigenvalue weighted by atomic mass is 9.92. The van der Waals surface area contributed by atoms with E-state index < -0.39 is 12.3 Å². The molecule has 0 aliphatic carbocycles. The lowest BCUT2D eigenvalue weighted by Gasteiger charge is -2.33. The average molecular weight is 531 g/mol. The molecule has 4 heterocycles. The molecule has 1 N–H and O–H groups in total. The minimum atomic E-state index is -4.77. The monoisotopic (exact) mass is 530 g/mol. The second kappa shape index (κ2) is 10.6. The van der Waals surface area contributed by atoms with E-state index >= 15 is 0 Å². The maximum Gasteiger partial charge on any atom is 0.573 e. The van der Waals surface area contributed by atoms with E-state index in [2.05, 4.69) is 9.72 Å². The maximum absolute atomic E-state index is 13.3. The number of halogens is 3. The molecule has 0 bridgehead atoms. The number of benzene rings is 1. The minimum Gasteiger partial charge on any atom is -0.480 e. The van der Waals surface area contributed by atoms with Crippen LogP contribution in [0.2, 0.25) is 0 Å². The third-order valence-corrected chi connectivity index (χ3v) is 7.37. The van der Waals surface area contributed by atoms with Crippen LogP contribution in [0.4, 0.5) is 13.2 Å². The lowest BCUT2D eigenvalue weighted by Crippen LogP contribution is -2.41. The Labute approximate surface area is 217 Å². The molecule has 0 saturated carbocycles. The highest BCUT2D eigenvalue weighted by Crippen LogP contribution is 2.32. The van der Waals surface area contributed by atoms with E-state index in [4.69, 9.17) is 5.11 Å². The van der Waals surface area contributed by atoms with Crippen molar-refractivity contribution in [3.8, 4) is 5.75 Å². The number of pyridine rings is 1. The molecule has 1 aromatic carbocycles. The highest BCUT2D eigenvalue weighted by atomic mass is 19.4. The van der Waals surface area contributed by atoms with Crippen LogP contribution in [0.5, 0.6) is 5.75 Å². The van der Waals surface area contributed by atoms with Gasteiger partial charge in [0.15, 0.2) is 0 Å². The number of nitrogens with zero attached hydrogens (tertiary/aromatic N) is 4. The average Bonchev–Trinajstić information content (AvgIpc) is 3.17. The van der Waals surface area contributed by atoms with Crippen LogP contribution < -0.4 is 4.74 Å². The number of likely N-dealkylation sites (tertiary alicyclic amines) is 1. The van der Waals surface area contributed by atoms with Gasteiger partial charge in [0.1, 0.15) is 11.4 Å². The van der Waals surface area contributed by atoms with Crippen LogP contribution in [0.15, 0.2) is 42.6 Å². The number of aliphatic carboxylic acids is 1. The Hall–Kier alpha value is -3.60. The first-order valence-corrected chi connectivity index (χ1v) is 12.7. The quantitative estimate of drug-likeness (QED) is 0.496. The number of fused-ring (bicyclic) bond motifs is 3. The SMILES string of the molecule is O=C(O)CN1CCC(CC(=O)N2CCc3c(n(Cc4cccc(OC(F)(F)F)c4)c4ncccc34)C2)CC1. The first-order chi connectivity index (χ1) is 18.2. The van der Waals surface area contributed by atoms with Gasteiger partial charge in [0.05, 0.1) is 13.1 Å². The molecule has 0 atom stereocenters. The molecule has 5 rings (SSSR count). The van der Waals surface area contributed by atoms with Crippen LogP contribution >= 0.6 is 0 Å². The summed E-state index contributed by atoms with van der Waals surface area (Å²) in [5.41, 5.74) is 3.42. The zero-order valence-corrected chi connectivity index (χ0v) is 20.8. The number of hydrogen-bond donors (Lipinski definition) is 1. The normalized spacial score (nSPS) is 17.0. The Balaban J connectivity index is 1.33. The Morgan fingerprint density at radius 2 is 1.89 bits per heavy atom. The smallest absolute Gasteiger partial charge is 0.480 e. The van der Waals surface area contributed by atoms with Crippen molar-refractivity contribution in [2.24, 2.45) is 5.92 Å². The number of carbonyl (C=O) groups is 2. The highest BCUT2D eigenvalue weighted by Gasteiger charge is 2.32. The van der Waals surface area contributed by atoms with Crippen LogP contribution in [-0.2, 0) is 29.1 Å². The number of hydrogen-bond acceptors (Lipinski definition) is 5. The van der Waals surface area contributed by atoms with E-state index in [1.165, 1.54) is 18.2 Å². The van der Waals surface area contributed by atoms with Gasteiger partial charge < -0.3 is 19.3 Å². The molecule has 1 saturated heterocycles. The topological polar surface area (TPSA) is 87.9 Å². The largest absolute Gasteiger partial charge is 0.573 e. The molecular formula is C27H29F3N4O4. The first kappa shape index (κ1) is 26.0. The van der Waals surface area contributed by atoms with Crippen molar-refractivity contribution >= 4 is 22.9 Å². The Kier molecular flexibility index (Phi) is 7.29. The summed E-state index contributed by atoms with van der Waals surface area (Å²) < 4.78 is 44.3. The van der Waals surface area contributed by atoms with E-state index in [0.717, 1.165) is 35.1 Å². The summed E-state index contributed by atoms with van der Waals surface area (Å²) in [6.45, 7) is 2.66. The molecule has 202 valence electrons. The first-order valence-electron chi connectivity index (χ1n) is 12.7. The van der Waals surface area contributed by atoms with E-state index in [-0.39, 0.29) is 24.1 Å². The van der Waals surface area contributed by atoms with Gasteiger partial charge in [0.25, 0.3) is 0 Å². The third-order valence-electron chi connectivity index (χ3n) is 7.37. The minimum absolute atomic E-state index is 0.0272. The van der Waals surface area contributed by atoms with Crippen LogP contribution in [-0.4, -0.2) is 68.9 Å². The number of aromatic nitrogens is 2.